The first-order valence-electron chi connectivity index (χ1n) is 5.56. The van der Waals surface area contributed by atoms with Crippen molar-refractivity contribution in [2.24, 2.45) is 5.73 Å². The van der Waals surface area contributed by atoms with E-state index in [0.29, 0.717) is 17.6 Å². The molecule has 2 N–H and O–H groups in total. The number of benzene rings is 1. The second-order valence-electron chi connectivity index (χ2n) is 4.31. The van der Waals surface area contributed by atoms with E-state index in [4.69, 9.17) is 22.1 Å². The van der Waals surface area contributed by atoms with Gasteiger partial charge in [-0.05, 0) is 43.5 Å². The highest BCUT2D eigenvalue weighted by atomic mass is 35.5. The summed E-state index contributed by atoms with van der Waals surface area (Å²) in [6.07, 6.45) is 0.411. The molecule has 1 aromatic carbocycles. The number of hydrogen-bond acceptors (Lipinski definition) is 2. The zero-order valence-electron chi connectivity index (χ0n) is 10.3. The smallest absolute Gasteiger partial charge is 0.191 e. The van der Waals surface area contributed by atoms with E-state index in [1.165, 1.54) is 17.7 Å². The van der Waals surface area contributed by atoms with Gasteiger partial charge in [0.15, 0.2) is 17.4 Å². The highest BCUT2D eigenvalue weighted by Crippen LogP contribution is 2.24. The van der Waals surface area contributed by atoms with Gasteiger partial charge in [0.25, 0.3) is 0 Å². The first-order valence-corrected chi connectivity index (χ1v) is 5.99. The topological polar surface area (TPSA) is 35.2 Å². The van der Waals surface area contributed by atoms with E-state index in [0.717, 1.165) is 0 Å². The third kappa shape index (κ3) is 4.27. The maximum absolute atomic E-state index is 13.7. The molecule has 2 nitrogen and oxygen atoms in total. The van der Waals surface area contributed by atoms with Gasteiger partial charge in [0.05, 0.1) is 0 Å². The van der Waals surface area contributed by atoms with E-state index in [9.17, 15) is 8.78 Å². The Bertz CT molecular complexity index is 424. The van der Waals surface area contributed by atoms with Gasteiger partial charge in [-0.25, -0.2) is 8.78 Å². The van der Waals surface area contributed by atoms with Crippen LogP contribution in [0.5, 0.6) is 5.75 Å². The van der Waals surface area contributed by atoms with Gasteiger partial charge in [-0.1, -0.05) is 11.6 Å². The Labute approximate surface area is 110 Å². The van der Waals surface area contributed by atoms with Crippen molar-refractivity contribution in [3.05, 3.63) is 40.4 Å². The monoisotopic (exact) mass is 275 g/mol. The summed E-state index contributed by atoms with van der Waals surface area (Å²) >= 11 is 5.44. The minimum atomic E-state index is -0.729. The molecule has 0 amide bonds. The zero-order valence-corrected chi connectivity index (χ0v) is 11.1. The van der Waals surface area contributed by atoms with Gasteiger partial charge in [0, 0.05) is 11.6 Å². The fraction of sp³-hybridized carbons (Fsp3) is 0.385. The molecule has 0 aliphatic rings. The summed E-state index contributed by atoms with van der Waals surface area (Å²) in [5.74, 6) is -1.85. The molecule has 0 bridgehead atoms. The van der Waals surface area contributed by atoms with Crippen LogP contribution in [-0.4, -0.2) is 12.6 Å². The normalized spacial score (nSPS) is 13.6. The standard InChI is InChI=1S/C13H16ClF2NO/c1-8(6-14)7-18-13-11(15)4-10(3-9(2)17)5-12(13)16/h4-6,9H,3,7,17H2,1-2H3/b8-6+. The maximum Gasteiger partial charge on any atom is 0.191 e. The molecular weight excluding hydrogens is 260 g/mol. The Morgan fingerprint density at radius 3 is 2.44 bits per heavy atom. The lowest BCUT2D eigenvalue weighted by atomic mass is 10.1. The average Bonchev–Trinajstić information content (AvgIpc) is 2.26. The van der Waals surface area contributed by atoms with E-state index in [1.807, 2.05) is 0 Å². The molecule has 18 heavy (non-hydrogen) atoms. The van der Waals surface area contributed by atoms with Crippen LogP contribution in [0.2, 0.25) is 0 Å². The zero-order chi connectivity index (χ0) is 13.7. The third-order valence-electron chi connectivity index (χ3n) is 2.25. The van der Waals surface area contributed by atoms with E-state index in [2.05, 4.69) is 0 Å². The summed E-state index contributed by atoms with van der Waals surface area (Å²) < 4.78 is 32.4. The molecule has 100 valence electrons. The van der Waals surface area contributed by atoms with E-state index in [1.54, 1.807) is 13.8 Å². The Kier molecular flexibility index (Phi) is 5.56. The highest BCUT2D eigenvalue weighted by Gasteiger charge is 2.13. The van der Waals surface area contributed by atoms with Crippen molar-refractivity contribution in [2.75, 3.05) is 6.61 Å². The van der Waals surface area contributed by atoms with Gasteiger partial charge in [0.1, 0.15) is 6.61 Å². The van der Waals surface area contributed by atoms with Crippen LogP contribution in [0.4, 0.5) is 8.78 Å². The molecule has 1 aromatic rings. The van der Waals surface area contributed by atoms with Crippen LogP contribution >= 0.6 is 11.6 Å². The molecule has 1 rings (SSSR count). The number of nitrogens with two attached hydrogens (primary N) is 1. The molecule has 1 atom stereocenters. The minimum Gasteiger partial charge on any atom is -0.483 e. The number of ether oxygens (including phenoxy) is 1. The van der Waals surface area contributed by atoms with Crippen molar-refractivity contribution in [3.63, 3.8) is 0 Å². The Hall–Kier alpha value is -1.13. The van der Waals surface area contributed by atoms with Gasteiger partial charge >= 0.3 is 0 Å². The Morgan fingerprint density at radius 2 is 2.00 bits per heavy atom. The molecule has 0 fully saturated rings. The number of halogens is 3. The van der Waals surface area contributed by atoms with Crippen LogP contribution in [0.1, 0.15) is 19.4 Å². The van der Waals surface area contributed by atoms with Crippen molar-refractivity contribution in [1.82, 2.24) is 0 Å². The third-order valence-corrected chi connectivity index (χ3v) is 2.62. The van der Waals surface area contributed by atoms with Gasteiger partial charge in [-0.3, -0.25) is 0 Å². The lowest BCUT2D eigenvalue weighted by molar-refractivity contribution is 0.312. The predicted molar refractivity (Wildman–Crippen MR) is 68.8 cm³/mol. The number of rotatable bonds is 5. The first-order chi connectivity index (χ1) is 8.43. The highest BCUT2D eigenvalue weighted by molar-refractivity contribution is 6.25. The maximum atomic E-state index is 13.7. The second-order valence-corrected chi connectivity index (χ2v) is 4.53. The molecule has 0 saturated carbocycles. The molecule has 0 spiro atoms. The molecule has 0 aliphatic carbocycles. The second kappa shape index (κ2) is 6.71. The molecule has 1 unspecified atom stereocenters. The molecule has 5 heteroatoms. The van der Waals surface area contributed by atoms with E-state index < -0.39 is 11.6 Å². The van der Waals surface area contributed by atoms with Crippen molar-refractivity contribution in [3.8, 4) is 5.75 Å². The van der Waals surface area contributed by atoms with Gasteiger partial charge < -0.3 is 10.5 Å². The van der Waals surface area contributed by atoms with Crippen LogP contribution in [0.3, 0.4) is 0 Å². The van der Waals surface area contributed by atoms with Gasteiger partial charge in [-0.15, -0.1) is 0 Å². The molecule has 0 heterocycles. The Balaban J connectivity index is 2.87. The van der Waals surface area contributed by atoms with Crippen molar-refractivity contribution in [1.29, 1.82) is 0 Å². The van der Waals surface area contributed by atoms with Crippen LogP contribution in [-0.2, 0) is 6.42 Å². The summed E-state index contributed by atoms with van der Waals surface area (Å²) in [6, 6.07) is 2.32. The van der Waals surface area contributed by atoms with Crippen LogP contribution in [0.15, 0.2) is 23.2 Å². The fourth-order valence-corrected chi connectivity index (χ4v) is 1.52. The summed E-state index contributed by atoms with van der Waals surface area (Å²) in [5.41, 5.74) is 8.07. The van der Waals surface area contributed by atoms with Crippen molar-refractivity contribution in [2.45, 2.75) is 26.3 Å². The summed E-state index contributed by atoms with van der Waals surface area (Å²) in [7, 11) is 0. The van der Waals surface area contributed by atoms with Crippen LogP contribution in [0.25, 0.3) is 0 Å². The predicted octanol–water partition coefficient (Wildman–Crippen LogP) is 3.38. The van der Waals surface area contributed by atoms with Crippen LogP contribution < -0.4 is 10.5 Å². The Morgan fingerprint density at radius 1 is 1.44 bits per heavy atom. The quantitative estimate of drug-likeness (QED) is 0.894. The summed E-state index contributed by atoms with van der Waals surface area (Å²) in [4.78, 5) is 0. The molecule has 0 saturated heterocycles. The minimum absolute atomic E-state index is 0.0456. The van der Waals surface area contributed by atoms with E-state index in [-0.39, 0.29) is 18.4 Å². The fourth-order valence-electron chi connectivity index (χ4n) is 1.46. The molecule has 0 aliphatic heterocycles. The largest absolute Gasteiger partial charge is 0.483 e. The molecule has 0 aromatic heterocycles. The average molecular weight is 276 g/mol. The summed E-state index contributed by atoms with van der Waals surface area (Å²) in [5, 5.41) is 0. The van der Waals surface area contributed by atoms with E-state index >= 15 is 0 Å². The van der Waals surface area contributed by atoms with Crippen LogP contribution in [0, 0.1) is 11.6 Å². The number of hydrogen-bond donors (Lipinski definition) is 1. The lowest BCUT2D eigenvalue weighted by Gasteiger charge is -2.11. The summed E-state index contributed by atoms with van der Waals surface area (Å²) in [6.45, 7) is 3.52. The van der Waals surface area contributed by atoms with Gasteiger partial charge in [-0.2, -0.15) is 0 Å². The van der Waals surface area contributed by atoms with Gasteiger partial charge in [0.2, 0.25) is 0 Å². The lowest BCUT2D eigenvalue weighted by Crippen LogP contribution is -2.18. The van der Waals surface area contributed by atoms with Crippen molar-refractivity contribution >= 4 is 11.6 Å². The molecule has 0 radical (unpaired) electrons. The molecular formula is C13H16ClF2NO. The van der Waals surface area contributed by atoms with Crippen molar-refractivity contribution < 1.29 is 13.5 Å². The SMILES string of the molecule is C/C(=C\Cl)COc1c(F)cc(CC(C)N)cc1F. The first kappa shape index (κ1) is 14.9.